The number of benzene rings is 1. The third kappa shape index (κ3) is 1.43. The maximum atomic E-state index is 9.45. The molecule has 4 N–H and O–H groups in total. The molecule has 0 radical (unpaired) electrons. The van der Waals surface area contributed by atoms with Gasteiger partial charge in [0.2, 0.25) is 0 Å². The van der Waals surface area contributed by atoms with E-state index in [9.17, 15) is 5.11 Å². The van der Waals surface area contributed by atoms with Crippen LogP contribution in [0.1, 0.15) is 5.56 Å². The molecule has 0 amide bonds. The molecule has 0 aliphatic carbocycles. The SMILES string of the molecule is CNc1cccc(CN)c1O. The van der Waals surface area contributed by atoms with E-state index in [2.05, 4.69) is 5.32 Å². The summed E-state index contributed by atoms with van der Waals surface area (Å²) in [5.74, 6) is 0.248. The highest BCUT2D eigenvalue weighted by molar-refractivity contribution is 5.58. The molecule has 0 fully saturated rings. The smallest absolute Gasteiger partial charge is 0.143 e. The predicted octanol–water partition coefficient (Wildman–Crippen LogP) is 0.893. The Morgan fingerprint density at radius 1 is 1.55 bits per heavy atom. The van der Waals surface area contributed by atoms with Crippen molar-refractivity contribution in [3.05, 3.63) is 23.8 Å². The van der Waals surface area contributed by atoms with Gasteiger partial charge in [0.25, 0.3) is 0 Å². The van der Waals surface area contributed by atoms with Crippen LogP contribution in [0.3, 0.4) is 0 Å². The van der Waals surface area contributed by atoms with E-state index in [-0.39, 0.29) is 5.75 Å². The van der Waals surface area contributed by atoms with E-state index in [0.29, 0.717) is 12.2 Å². The van der Waals surface area contributed by atoms with Gasteiger partial charge in [-0.3, -0.25) is 0 Å². The molecule has 0 unspecified atom stereocenters. The van der Waals surface area contributed by atoms with E-state index in [1.165, 1.54) is 0 Å². The summed E-state index contributed by atoms with van der Waals surface area (Å²) in [7, 11) is 1.76. The number of hydrogen-bond donors (Lipinski definition) is 3. The quantitative estimate of drug-likeness (QED) is 0.552. The predicted molar refractivity (Wildman–Crippen MR) is 45.5 cm³/mol. The number of nitrogens with one attached hydrogen (secondary N) is 1. The summed E-state index contributed by atoms with van der Waals surface area (Å²) >= 11 is 0. The van der Waals surface area contributed by atoms with Crippen LogP contribution >= 0.6 is 0 Å². The molecule has 1 aromatic carbocycles. The molecule has 0 saturated heterocycles. The van der Waals surface area contributed by atoms with E-state index < -0.39 is 0 Å². The first-order valence-corrected chi connectivity index (χ1v) is 3.48. The minimum atomic E-state index is 0.248. The van der Waals surface area contributed by atoms with Gasteiger partial charge in [0, 0.05) is 19.2 Å². The van der Waals surface area contributed by atoms with Crippen molar-refractivity contribution in [2.45, 2.75) is 6.54 Å². The van der Waals surface area contributed by atoms with Crippen LogP contribution in [-0.2, 0) is 6.54 Å². The molecule has 0 aliphatic heterocycles. The molecule has 0 aliphatic rings. The first kappa shape index (κ1) is 7.88. The first-order valence-electron chi connectivity index (χ1n) is 3.48. The van der Waals surface area contributed by atoms with Crippen LogP contribution in [0.15, 0.2) is 18.2 Å². The van der Waals surface area contributed by atoms with Crippen LogP contribution < -0.4 is 11.1 Å². The lowest BCUT2D eigenvalue weighted by Gasteiger charge is -2.06. The largest absolute Gasteiger partial charge is 0.505 e. The van der Waals surface area contributed by atoms with Crippen molar-refractivity contribution in [2.24, 2.45) is 5.73 Å². The van der Waals surface area contributed by atoms with Gasteiger partial charge in [-0.2, -0.15) is 0 Å². The third-order valence-corrected chi connectivity index (χ3v) is 1.61. The molecule has 1 rings (SSSR count). The molecule has 3 nitrogen and oxygen atoms in total. The molecule has 0 saturated carbocycles. The average molecular weight is 152 g/mol. The van der Waals surface area contributed by atoms with Crippen molar-refractivity contribution in [3.8, 4) is 5.75 Å². The highest BCUT2D eigenvalue weighted by Gasteiger charge is 2.01. The number of phenols is 1. The lowest BCUT2D eigenvalue weighted by atomic mass is 10.2. The van der Waals surface area contributed by atoms with Crippen molar-refractivity contribution in [3.63, 3.8) is 0 Å². The number of rotatable bonds is 2. The normalized spacial score (nSPS) is 9.64. The standard InChI is InChI=1S/C8H12N2O/c1-10-7-4-2-3-6(5-9)8(7)11/h2-4,10-11H,5,9H2,1H3. The van der Waals surface area contributed by atoms with Gasteiger partial charge < -0.3 is 16.2 Å². The molecular weight excluding hydrogens is 140 g/mol. The molecule has 0 spiro atoms. The third-order valence-electron chi connectivity index (χ3n) is 1.61. The van der Waals surface area contributed by atoms with E-state index in [0.717, 1.165) is 5.56 Å². The van der Waals surface area contributed by atoms with Crippen LogP contribution in [0.2, 0.25) is 0 Å². The van der Waals surface area contributed by atoms with Gasteiger partial charge >= 0.3 is 0 Å². The van der Waals surface area contributed by atoms with Gasteiger partial charge in [-0.05, 0) is 6.07 Å². The summed E-state index contributed by atoms with van der Waals surface area (Å²) in [6.45, 7) is 0.362. The average Bonchev–Trinajstić information content (AvgIpc) is 2.05. The van der Waals surface area contributed by atoms with E-state index in [4.69, 9.17) is 5.73 Å². The summed E-state index contributed by atoms with van der Waals surface area (Å²) in [6, 6.07) is 5.46. The Labute approximate surface area is 65.8 Å². The van der Waals surface area contributed by atoms with Gasteiger partial charge in [-0.15, -0.1) is 0 Å². The number of anilines is 1. The maximum Gasteiger partial charge on any atom is 0.143 e. The zero-order valence-electron chi connectivity index (χ0n) is 6.46. The zero-order valence-corrected chi connectivity index (χ0v) is 6.46. The van der Waals surface area contributed by atoms with Crippen molar-refractivity contribution >= 4 is 5.69 Å². The highest BCUT2D eigenvalue weighted by atomic mass is 16.3. The van der Waals surface area contributed by atoms with Gasteiger partial charge in [0.05, 0.1) is 5.69 Å². The Morgan fingerprint density at radius 2 is 2.27 bits per heavy atom. The Balaban J connectivity index is 3.10. The monoisotopic (exact) mass is 152 g/mol. The Hall–Kier alpha value is -1.22. The second-order valence-corrected chi connectivity index (χ2v) is 2.27. The first-order chi connectivity index (χ1) is 5.29. The molecular formula is C8H12N2O. The van der Waals surface area contributed by atoms with Gasteiger partial charge in [-0.25, -0.2) is 0 Å². The van der Waals surface area contributed by atoms with Crippen molar-refractivity contribution < 1.29 is 5.11 Å². The van der Waals surface area contributed by atoms with Crippen LogP contribution in [0, 0.1) is 0 Å². The Morgan fingerprint density at radius 3 is 2.82 bits per heavy atom. The maximum absolute atomic E-state index is 9.45. The van der Waals surface area contributed by atoms with Gasteiger partial charge in [-0.1, -0.05) is 12.1 Å². The van der Waals surface area contributed by atoms with Crippen LogP contribution in [0.4, 0.5) is 5.69 Å². The number of aromatic hydroxyl groups is 1. The molecule has 0 aromatic heterocycles. The van der Waals surface area contributed by atoms with Crippen LogP contribution in [-0.4, -0.2) is 12.2 Å². The highest BCUT2D eigenvalue weighted by Crippen LogP contribution is 2.25. The minimum absolute atomic E-state index is 0.248. The summed E-state index contributed by atoms with van der Waals surface area (Å²) in [4.78, 5) is 0. The second kappa shape index (κ2) is 3.25. The number of nitrogens with two attached hydrogens (primary N) is 1. The second-order valence-electron chi connectivity index (χ2n) is 2.27. The fourth-order valence-corrected chi connectivity index (χ4v) is 0.958. The topological polar surface area (TPSA) is 58.3 Å². The van der Waals surface area contributed by atoms with Crippen LogP contribution in [0.25, 0.3) is 0 Å². The van der Waals surface area contributed by atoms with Gasteiger partial charge in [0.15, 0.2) is 0 Å². The molecule has 0 atom stereocenters. The summed E-state index contributed by atoms with van der Waals surface area (Å²) in [6.07, 6.45) is 0. The van der Waals surface area contributed by atoms with Crippen molar-refractivity contribution in [1.82, 2.24) is 0 Å². The number of para-hydroxylation sites is 1. The summed E-state index contributed by atoms with van der Waals surface area (Å²) in [5, 5.41) is 12.3. The number of phenolic OH excluding ortho intramolecular Hbond substituents is 1. The molecule has 0 bridgehead atoms. The van der Waals surface area contributed by atoms with E-state index >= 15 is 0 Å². The van der Waals surface area contributed by atoms with Crippen LogP contribution in [0.5, 0.6) is 5.75 Å². The zero-order chi connectivity index (χ0) is 8.27. The molecule has 60 valence electrons. The lowest BCUT2D eigenvalue weighted by Crippen LogP contribution is -1.98. The Bertz CT molecular complexity index is 226. The molecule has 11 heavy (non-hydrogen) atoms. The Kier molecular flexibility index (Phi) is 2.33. The van der Waals surface area contributed by atoms with E-state index in [1.807, 2.05) is 6.07 Å². The fraction of sp³-hybridized carbons (Fsp3) is 0.250. The summed E-state index contributed by atoms with van der Waals surface area (Å²) in [5.41, 5.74) is 6.86. The fourth-order valence-electron chi connectivity index (χ4n) is 0.958. The number of hydrogen-bond acceptors (Lipinski definition) is 3. The lowest BCUT2D eigenvalue weighted by molar-refractivity contribution is 0.470. The van der Waals surface area contributed by atoms with E-state index in [1.54, 1.807) is 19.2 Å². The van der Waals surface area contributed by atoms with Crippen molar-refractivity contribution in [1.29, 1.82) is 0 Å². The molecule has 1 aromatic rings. The molecule has 3 heteroatoms. The van der Waals surface area contributed by atoms with Crippen molar-refractivity contribution in [2.75, 3.05) is 12.4 Å². The molecule has 0 heterocycles. The van der Waals surface area contributed by atoms with Gasteiger partial charge in [0.1, 0.15) is 5.75 Å². The minimum Gasteiger partial charge on any atom is -0.505 e. The summed E-state index contributed by atoms with van der Waals surface area (Å²) < 4.78 is 0.